The van der Waals surface area contributed by atoms with Gasteiger partial charge in [-0.05, 0) is 19.8 Å². The van der Waals surface area contributed by atoms with Crippen LogP contribution in [0.2, 0.25) is 15.2 Å². The van der Waals surface area contributed by atoms with Gasteiger partial charge in [-0.1, -0.05) is 47.6 Å². The summed E-state index contributed by atoms with van der Waals surface area (Å²) in [6.45, 7) is 2.85. The Balaban J connectivity index is 2.10. The van der Waals surface area contributed by atoms with Gasteiger partial charge in [0.2, 0.25) is 0 Å². The van der Waals surface area contributed by atoms with E-state index in [1.54, 1.807) is 4.90 Å². The molecule has 0 bridgehead atoms. The zero-order valence-corrected chi connectivity index (χ0v) is 15.4. The number of hydrogen-bond acceptors (Lipinski definition) is 5. The molecule has 1 aliphatic heterocycles. The molecule has 0 aliphatic carbocycles. The average Bonchev–Trinajstić information content (AvgIpc) is 2.84. The molecule has 1 saturated heterocycles. The van der Waals surface area contributed by atoms with Crippen LogP contribution in [-0.2, 0) is 9.53 Å². The molecule has 1 aromatic heterocycles. The predicted octanol–water partition coefficient (Wildman–Crippen LogP) is 3.57. The van der Waals surface area contributed by atoms with E-state index in [0.29, 0.717) is 13.1 Å². The van der Waals surface area contributed by atoms with E-state index >= 15 is 0 Å². The van der Waals surface area contributed by atoms with E-state index in [4.69, 9.17) is 45.3 Å². The van der Waals surface area contributed by atoms with Gasteiger partial charge in [0.15, 0.2) is 17.0 Å². The maximum atomic E-state index is 12.4. The number of amides is 1. The lowest BCUT2D eigenvalue weighted by Crippen LogP contribution is -2.40. The summed E-state index contributed by atoms with van der Waals surface area (Å²) in [5, 5.41) is -0.340. The van der Waals surface area contributed by atoms with Crippen molar-refractivity contribution in [3.63, 3.8) is 0 Å². The molecule has 6 nitrogen and oxygen atoms in total. The highest BCUT2D eigenvalue weighted by Crippen LogP contribution is 2.34. The molecule has 2 rings (SSSR count). The smallest absolute Gasteiger partial charge is 0.359 e. The minimum absolute atomic E-state index is 0.0353. The van der Waals surface area contributed by atoms with E-state index < -0.39 is 12.1 Å². The van der Waals surface area contributed by atoms with Gasteiger partial charge in [0.05, 0.1) is 10.7 Å². The van der Waals surface area contributed by atoms with Gasteiger partial charge < -0.3 is 15.4 Å². The maximum Gasteiger partial charge on any atom is 0.359 e. The van der Waals surface area contributed by atoms with Crippen molar-refractivity contribution < 1.29 is 14.3 Å². The van der Waals surface area contributed by atoms with Crippen LogP contribution < -0.4 is 5.73 Å². The van der Waals surface area contributed by atoms with Gasteiger partial charge in [0, 0.05) is 13.1 Å². The Bertz CT molecular complexity index is 647. The van der Waals surface area contributed by atoms with Crippen molar-refractivity contribution >= 4 is 52.4 Å². The molecule has 132 valence electrons. The molecule has 1 aliphatic rings. The molecular weight excluding hydrogens is 377 g/mol. The van der Waals surface area contributed by atoms with Crippen LogP contribution in [0.3, 0.4) is 0 Å². The minimum atomic E-state index is -0.954. The summed E-state index contributed by atoms with van der Waals surface area (Å²) in [6.07, 6.45) is 3.14. The molecule has 1 atom stereocenters. The third-order valence-electron chi connectivity index (χ3n) is 3.81. The molecule has 9 heteroatoms. The summed E-state index contributed by atoms with van der Waals surface area (Å²) in [4.78, 5) is 30.2. The Hall–Kier alpha value is -1.24. The lowest BCUT2D eigenvalue weighted by molar-refractivity contribution is -0.139. The fourth-order valence-corrected chi connectivity index (χ4v) is 3.07. The van der Waals surface area contributed by atoms with E-state index in [1.165, 1.54) is 6.92 Å². The van der Waals surface area contributed by atoms with Gasteiger partial charge in [0.1, 0.15) is 5.02 Å². The SMILES string of the molecule is C[C@H](OC(=O)c1nc(Cl)c(Cl)c(N)c1Cl)C(=O)N1CCCCCC1. The second-order valence-electron chi connectivity index (χ2n) is 5.58. The van der Waals surface area contributed by atoms with Crippen LogP contribution in [-0.4, -0.2) is 41.0 Å². The fourth-order valence-electron chi connectivity index (χ4n) is 2.48. The van der Waals surface area contributed by atoms with Crippen LogP contribution in [0.4, 0.5) is 5.69 Å². The lowest BCUT2D eigenvalue weighted by atomic mass is 10.2. The summed E-state index contributed by atoms with van der Waals surface area (Å²) in [7, 11) is 0. The zero-order valence-electron chi connectivity index (χ0n) is 13.2. The highest BCUT2D eigenvalue weighted by molar-refractivity contribution is 6.46. The molecule has 0 aromatic carbocycles. The average molecular weight is 395 g/mol. The van der Waals surface area contributed by atoms with Crippen molar-refractivity contribution in [3.05, 3.63) is 20.9 Å². The Morgan fingerprint density at radius 1 is 1.12 bits per heavy atom. The minimum Gasteiger partial charge on any atom is -0.448 e. The van der Waals surface area contributed by atoms with Crippen molar-refractivity contribution in [2.45, 2.75) is 38.7 Å². The van der Waals surface area contributed by atoms with Crippen LogP contribution in [0.1, 0.15) is 43.1 Å². The quantitative estimate of drug-likeness (QED) is 0.625. The number of aromatic nitrogens is 1. The van der Waals surface area contributed by atoms with Crippen LogP contribution in [0.25, 0.3) is 0 Å². The molecule has 1 fully saturated rings. The van der Waals surface area contributed by atoms with Crippen LogP contribution in [0, 0.1) is 0 Å². The monoisotopic (exact) mass is 393 g/mol. The Morgan fingerprint density at radius 3 is 2.29 bits per heavy atom. The molecule has 0 unspecified atom stereocenters. The number of nitrogens with zero attached hydrogens (tertiary/aromatic N) is 2. The van der Waals surface area contributed by atoms with Crippen molar-refractivity contribution in [1.29, 1.82) is 0 Å². The number of carbonyl (C=O) groups excluding carboxylic acids is 2. The summed E-state index contributed by atoms with van der Waals surface area (Å²) < 4.78 is 5.19. The maximum absolute atomic E-state index is 12.4. The van der Waals surface area contributed by atoms with E-state index in [1.807, 2.05) is 0 Å². The number of likely N-dealkylation sites (tertiary alicyclic amines) is 1. The van der Waals surface area contributed by atoms with Gasteiger partial charge >= 0.3 is 5.97 Å². The van der Waals surface area contributed by atoms with E-state index in [-0.39, 0.29) is 32.5 Å². The van der Waals surface area contributed by atoms with E-state index in [0.717, 1.165) is 25.7 Å². The third-order valence-corrected chi connectivity index (χ3v) is 4.95. The van der Waals surface area contributed by atoms with Gasteiger partial charge in [-0.3, -0.25) is 4.79 Å². The third kappa shape index (κ3) is 4.23. The Labute approximate surface area is 155 Å². The Kier molecular flexibility index (Phi) is 6.54. The van der Waals surface area contributed by atoms with Gasteiger partial charge in [-0.25, -0.2) is 9.78 Å². The highest BCUT2D eigenvalue weighted by atomic mass is 35.5. The van der Waals surface area contributed by atoms with Crippen molar-refractivity contribution in [3.8, 4) is 0 Å². The molecule has 2 heterocycles. The molecule has 0 spiro atoms. The number of esters is 1. The number of carbonyl (C=O) groups is 2. The van der Waals surface area contributed by atoms with Gasteiger partial charge in [-0.15, -0.1) is 0 Å². The first-order chi connectivity index (χ1) is 11.3. The largest absolute Gasteiger partial charge is 0.448 e. The van der Waals surface area contributed by atoms with Crippen molar-refractivity contribution in [2.24, 2.45) is 0 Å². The number of pyridine rings is 1. The topological polar surface area (TPSA) is 85.5 Å². The van der Waals surface area contributed by atoms with Crippen molar-refractivity contribution in [1.82, 2.24) is 9.88 Å². The lowest BCUT2D eigenvalue weighted by Gasteiger charge is -2.24. The number of nitrogen functional groups attached to an aromatic ring is 1. The normalized spacial score (nSPS) is 16.4. The first-order valence-corrected chi connectivity index (χ1v) is 8.76. The number of hydrogen-bond donors (Lipinski definition) is 1. The standard InChI is InChI=1S/C15H18Cl3N3O3/c1-8(14(22)21-6-4-2-3-5-7-21)24-15(23)12-9(16)11(19)10(17)13(18)20-12/h8H,2-7H2,1H3,(H2,19,20)/t8-/m0/s1. The Morgan fingerprint density at radius 2 is 1.71 bits per heavy atom. The fraction of sp³-hybridized carbons (Fsp3) is 0.533. The van der Waals surface area contributed by atoms with Crippen LogP contribution in [0.15, 0.2) is 0 Å². The first-order valence-electron chi connectivity index (χ1n) is 7.62. The van der Waals surface area contributed by atoms with Crippen molar-refractivity contribution in [2.75, 3.05) is 18.8 Å². The molecule has 1 aromatic rings. The molecule has 0 saturated carbocycles. The number of ether oxygens (including phenoxy) is 1. The van der Waals surface area contributed by atoms with Gasteiger partial charge in [-0.2, -0.15) is 0 Å². The number of nitrogens with two attached hydrogens (primary N) is 1. The second kappa shape index (κ2) is 8.23. The number of rotatable bonds is 3. The van der Waals surface area contributed by atoms with E-state index in [9.17, 15) is 9.59 Å². The summed E-state index contributed by atoms with van der Waals surface area (Å²) in [6, 6.07) is 0. The molecule has 1 amide bonds. The molecular formula is C15H18Cl3N3O3. The molecule has 24 heavy (non-hydrogen) atoms. The highest BCUT2D eigenvalue weighted by Gasteiger charge is 2.27. The number of anilines is 1. The van der Waals surface area contributed by atoms with E-state index in [2.05, 4.69) is 4.98 Å². The van der Waals surface area contributed by atoms with Gasteiger partial charge in [0.25, 0.3) is 5.91 Å². The van der Waals surface area contributed by atoms with Crippen LogP contribution >= 0.6 is 34.8 Å². The zero-order chi connectivity index (χ0) is 17.9. The summed E-state index contributed by atoms with van der Waals surface area (Å²) in [5.74, 6) is -1.12. The summed E-state index contributed by atoms with van der Waals surface area (Å²) >= 11 is 17.6. The number of halogens is 3. The molecule has 2 N–H and O–H groups in total. The predicted molar refractivity (Wildman–Crippen MR) is 93.6 cm³/mol. The molecule has 0 radical (unpaired) electrons. The second-order valence-corrected chi connectivity index (χ2v) is 6.69. The first kappa shape index (κ1) is 19.1. The van der Waals surface area contributed by atoms with Crippen LogP contribution in [0.5, 0.6) is 0 Å². The summed E-state index contributed by atoms with van der Waals surface area (Å²) in [5.41, 5.74) is 5.35.